The summed E-state index contributed by atoms with van der Waals surface area (Å²) >= 11 is 0. The van der Waals surface area contributed by atoms with Crippen molar-refractivity contribution in [2.75, 3.05) is 14.2 Å². The fraction of sp³-hybridized carbons (Fsp3) is 0.273. The highest BCUT2D eigenvalue weighted by Gasteiger charge is 2.07. The molecule has 1 aromatic rings. The lowest BCUT2D eigenvalue weighted by Gasteiger charge is -2.13. The van der Waals surface area contributed by atoms with Crippen LogP contribution in [0.4, 0.5) is 0 Å². The molecule has 68 valence electrons. The van der Waals surface area contributed by atoms with Crippen LogP contribution in [0.3, 0.4) is 0 Å². The highest BCUT2D eigenvalue weighted by atomic mass is 16.7. The van der Waals surface area contributed by atoms with Crippen LogP contribution >= 0.6 is 0 Å². The number of ether oxygens (including phenoxy) is 2. The minimum Gasteiger partial charge on any atom is -0.352 e. The SMILES string of the molecule is C#Cc1cccc(C(OC)OC)c1. The van der Waals surface area contributed by atoms with E-state index in [9.17, 15) is 0 Å². The van der Waals surface area contributed by atoms with Gasteiger partial charge in [0.05, 0.1) is 0 Å². The number of benzene rings is 1. The van der Waals surface area contributed by atoms with E-state index < -0.39 is 0 Å². The summed E-state index contributed by atoms with van der Waals surface area (Å²) in [4.78, 5) is 0. The van der Waals surface area contributed by atoms with Gasteiger partial charge in [-0.1, -0.05) is 18.1 Å². The number of methoxy groups -OCH3 is 2. The van der Waals surface area contributed by atoms with Crippen LogP contribution in [-0.2, 0) is 9.47 Å². The summed E-state index contributed by atoms with van der Waals surface area (Å²) in [5.74, 6) is 2.56. The molecular formula is C11H12O2. The third-order valence-corrected chi connectivity index (χ3v) is 1.75. The summed E-state index contributed by atoms with van der Waals surface area (Å²) in [5.41, 5.74) is 1.76. The first kappa shape index (κ1) is 9.79. The molecule has 0 amide bonds. The van der Waals surface area contributed by atoms with Crippen LogP contribution in [0.5, 0.6) is 0 Å². The number of rotatable bonds is 3. The van der Waals surface area contributed by atoms with Crippen molar-refractivity contribution in [3.05, 3.63) is 35.4 Å². The molecule has 0 heterocycles. The van der Waals surface area contributed by atoms with Crippen molar-refractivity contribution in [2.24, 2.45) is 0 Å². The van der Waals surface area contributed by atoms with Crippen LogP contribution in [0.25, 0.3) is 0 Å². The Kier molecular flexibility index (Phi) is 3.51. The van der Waals surface area contributed by atoms with Crippen LogP contribution in [0.15, 0.2) is 24.3 Å². The van der Waals surface area contributed by atoms with Gasteiger partial charge in [0.15, 0.2) is 6.29 Å². The molecule has 0 bridgehead atoms. The molecule has 0 saturated heterocycles. The van der Waals surface area contributed by atoms with E-state index in [-0.39, 0.29) is 6.29 Å². The molecular weight excluding hydrogens is 164 g/mol. The molecule has 2 nitrogen and oxygen atoms in total. The Hall–Kier alpha value is -1.30. The van der Waals surface area contributed by atoms with Crippen LogP contribution in [-0.4, -0.2) is 14.2 Å². The predicted octanol–water partition coefficient (Wildman–Crippen LogP) is 1.96. The molecule has 0 aliphatic carbocycles. The van der Waals surface area contributed by atoms with Crippen molar-refractivity contribution in [1.82, 2.24) is 0 Å². The van der Waals surface area contributed by atoms with Crippen LogP contribution < -0.4 is 0 Å². The number of terminal acetylenes is 1. The first-order valence-electron chi connectivity index (χ1n) is 3.94. The maximum absolute atomic E-state index is 5.27. The van der Waals surface area contributed by atoms with E-state index in [0.717, 1.165) is 11.1 Å². The zero-order valence-electron chi connectivity index (χ0n) is 7.78. The van der Waals surface area contributed by atoms with Crippen molar-refractivity contribution < 1.29 is 9.47 Å². The largest absolute Gasteiger partial charge is 0.352 e. The third-order valence-electron chi connectivity index (χ3n) is 1.75. The molecule has 0 aliphatic heterocycles. The van der Waals surface area contributed by atoms with Crippen LogP contribution in [0, 0.1) is 12.3 Å². The highest BCUT2D eigenvalue weighted by Crippen LogP contribution is 2.17. The fourth-order valence-electron chi connectivity index (χ4n) is 1.14. The van der Waals surface area contributed by atoms with E-state index >= 15 is 0 Å². The number of hydrogen-bond donors (Lipinski definition) is 0. The zero-order chi connectivity index (χ0) is 9.68. The summed E-state index contributed by atoms with van der Waals surface area (Å²) in [7, 11) is 3.19. The number of hydrogen-bond acceptors (Lipinski definition) is 2. The molecule has 1 aromatic carbocycles. The maximum atomic E-state index is 5.27. The molecule has 0 aromatic heterocycles. The highest BCUT2D eigenvalue weighted by molar-refractivity contribution is 5.35. The summed E-state index contributed by atoms with van der Waals surface area (Å²) in [6, 6.07) is 7.54. The smallest absolute Gasteiger partial charge is 0.183 e. The molecule has 2 heteroatoms. The first-order valence-corrected chi connectivity index (χ1v) is 3.94. The Labute approximate surface area is 78.5 Å². The second kappa shape index (κ2) is 4.66. The van der Waals surface area contributed by atoms with Gasteiger partial charge in [0, 0.05) is 25.3 Å². The van der Waals surface area contributed by atoms with Crippen molar-refractivity contribution in [1.29, 1.82) is 0 Å². The average molecular weight is 176 g/mol. The Morgan fingerprint density at radius 3 is 2.54 bits per heavy atom. The van der Waals surface area contributed by atoms with E-state index in [4.69, 9.17) is 15.9 Å². The Morgan fingerprint density at radius 1 is 1.31 bits per heavy atom. The lowest BCUT2D eigenvalue weighted by Crippen LogP contribution is -2.03. The standard InChI is InChI=1S/C11H12O2/c1-4-9-6-5-7-10(8-9)11(12-2)13-3/h1,5-8,11H,2-3H3. The monoisotopic (exact) mass is 176 g/mol. The van der Waals surface area contributed by atoms with Gasteiger partial charge in [-0.15, -0.1) is 6.42 Å². The molecule has 0 spiro atoms. The van der Waals surface area contributed by atoms with Crippen LogP contribution in [0.2, 0.25) is 0 Å². The van der Waals surface area contributed by atoms with Gasteiger partial charge in [0.1, 0.15) is 0 Å². The molecule has 0 aliphatic rings. The molecule has 0 N–H and O–H groups in total. The van der Waals surface area contributed by atoms with Crippen molar-refractivity contribution in [2.45, 2.75) is 6.29 Å². The summed E-state index contributed by atoms with van der Waals surface area (Å²) in [6.07, 6.45) is 4.93. The van der Waals surface area contributed by atoms with E-state index in [1.165, 1.54) is 0 Å². The zero-order valence-corrected chi connectivity index (χ0v) is 7.78. The van der Waals surface area contributed by atoms with Gasteiger partial charge < -0.3 is 9.47 Å². The minimum atomic E-state index is -0.340. The van der Waals surface area contributed by atoms with E-state index in [1.807, 2.05) is 24.3 Å². The van der Waals surface area contributed by atoms with Gasteiger partial charge in [0.2, 0.25) is 0 Å². The Balaban J connectivity index is 2.94. The summed E-state index contributed by atoms with van der Waals surface area (Å²) in [6.45, 7) is 0. The minimum absolute atomic E-state index is 0.340. The summed E-state index contributed by atoms with van der Waals surface area (Å²) in [5, 5.41) is 0. The molecule has 0 unspecified atom stereocenters. The van der Waals surface area contributed by atoms with E-state index in [2.05, 4.69) is 5.92 Å². The second-order valence-electron chi connectivity index (χ2n) is 2.57. The molecule has 13 heavy (non-hydrogen) atoms. The Bertz CT molecular complexity index is 308. The molecule has 1 rings (SSSR count). The van der Waals surface area contributed by atoms with Crippen LogP contribution in [0.1, 0.15) is 17.4 Å². The molecule has 0 radical (unpaired) electrons. The Morgan fingerprint density at radius 2 is 2.00 bits per heavy atom. The topological polar surface area (TPSA) is 18.5 Å². The lowest BCUT2D eigenvalue weighted by molar-refractivity contribution is -0.106. The normalized spacial score (nSPS) is 10.0. The van der Waals surface area contributed by atoms with E-state index in [1.54, 1.807) is 14.2 Å². The van der Waals surface area contributed by atoms with Crippen molar-refractivity contribution >= 4 is 0 Å². The van der Waals surface area contributed by atoms with Gasteiger partial charge in [-0.2, -0.15) is 0 Å². The van der Waals surface area contributed by atoms with Gasteiger partial charge >= 0.3 is 0 Å². The average Bonchev–Trinajstić information content (AvgIpc) is 2.20. The molecule has 0 fully saturated rings. The summed E-state index contributed by atoms with van der Waals surface area (Å²) < 4.78 is 10.2. The van der Waals surface area contributed by atoms with E-state index in [0.29, 0.717) is 0 Å². The predicted molar refractivity (Wildman–Crippen MR) is 51.1 cm³/mol. The quantitative estimate of drug-likeness (QED) is 0.517. The van der Waals surface area contributed by atoms with Crippen molar-refractivity contribution in [3.8, 4) is 12.3 Å². The van der Waals surface area contributed by atoms with Gasteiger partial charge in [-0.05, 0) is 12.1 Å². The lowest BCUT2D eigenvalue weighted by atomic mass is 10.1. The van der Waals surface area contributed by atoms with Gasteiger partial charge in [0.25, 0.3) is 0 Å². The third kappa shape index (κ3) is 2.32. The van der Waals surface area contributed by atoms with Gasteiger partial charge in [-0.3, -0.25) is 0 Å². The molecule has 0 atom stereocenters. The fourth-order valence-corrected chi connectivity index (χ4v) is 1.14. The maximum Gasteiger partial charge on any atom is 0.183 e. The van der Waals surface area contributed by atoms with Gasteiger partial charge in [-0.25, -0.2) is 0 Å². The molecule has 0 saturated carbocycles. The second-order valence-corrected chi connectivity index (χ2v) is 2.57. The first-order chi connectivity index (χ1) is 6.31. The van der Waals surface area contributed by atoms with Crippen molar-refractivity contribution in [3.63, 3.8) is 0 Å².